The number of hydrogen-bond acceptors (Lipinski definition) is 4. The second-order valence-electron chi connectivity index (χ2n) is 7.90. The summed E-state index contributed by atoms with van der Waals surface area (Å²) in [7, 11) is -3.63. The van der Waals surface area contributed by atoms with E-state index >= 15 is 0 Å². The average molecular weight is 464 g/mol. The molecular formula is C22H26ClN3O4S. The van der Waals surface area contributed by atoms with Crippen molar-refractivity contribution in [2.75, 3.05) is 25.9 Å². The van der Waals surface area contributed by atoms with Crippen LogP contribution >= 0.6 is 11.6 Å². The van der Waals surface area contributed by atoms with E-state index in [1.54, 1.807) is 19.1 Å². The van der Waals surface area contributed by atoms with E-state index in [2.05, 4.69) is 5.32 Å². The summed E-state index contributed by atoms with van der Waals surface area (Å²) in [5, 5.41) is 3.48. The highest BCUT2D eigenvalue weighted by Crippen LogP contribution is 2.25. The molecule has 1 unspecified atom stereocenters. The van der Waals surface area contributed by atoms with Crippen LogP contribution in [-0.4, -0.2) is 60.9 Å². The first kappa shape index (κ1) is 23.2. The van der Waals surface area contributed by atoms with E-state index in [9.17, 15) is 18.0 Å². The minimum absolute atomic E-state index is 0.0984. The molecular weight excluding hydrogens is 438 g/mol. The first-order chi connectivity index (χ1) is 14.6. The number of carbonyl (C=O) groups is 2. The summed E-state index contributed by atoms with van der Waals surface area (Å²) in [5.41, 5.74) is 0.545. The molecule has 2 aromatic carbocycles. The Morgan fingerprint density at radius 2 is 1.74 bits per heavy atom. The van der Waals surface area contributed by atoms with Crippen LogP contribution in [-0.2, 0) is 32.6 Å². The Morgan fingerprint density at radius 3 is 2.35 bits per heavy atom. The maximum absolute atomic E-state index is 13.2. The lowest BCUT2D eigenvalue weighted by atomic mass is 9.94. The van der Waals surface area contributed by atoms with Crippen molar-refractivity contribution in [3.63, 3.8) is 0 Å². The predicted octanol–water partition coefficient (Wildman–Crippen LogP) is 2.06. The minimum atomic E-state index is -3.63. The Labute approximate surface area is 188 Å². The van der Waals surface area contributed by atoms with Crippen molar-refractivity contribution >= 4 is 33.4 Å². The van der Waals surface area contributed by atoms with E-state index in [-0.39, 0.29) is 26.2 Å². The van der Waals surface area contributed by atoms with Gasteiger partial charge in [-0.2, -0.15) is 4.31 Å². The summed E-state index contributed by atoms with van der Waals surface area (Å²) in [6.07, 6.45) is 1.56. The monoisotopic (exact) mass is 463 g/mol. The molecule has 1 saturated heterocycles. The normalized spacial score (nSPS) is 20.0. The Hall–Kier alpha value is -2.42. The van der Waals surface area contributed by atoms with Crippen LogP contribution in [0.1, 0.15) is 18.1 Å². The first-order valence-corrected chi connectivity index (χ1v) is 12.1. The molecule has 166 valence electrons. The predicted molar refractivity (Wildman–Crippen MR) is 120 cm³/mol. The van der Waals surface area contributed by atoms with E-state index in [0.29, 0.717) is 11.4 Å². The largest absolute Gasteiger partial charge is 0.350 e. The lowest BCUT2D eigenvalue weighted by Gasteiger charge is -2.46. The first-order valence-electron chi connectivity index (χ1n) is 9.92. The van der Waals surface area contributed by atoms with Gasteiger partial charge in [-0.1, -0.05) is 54.1 Å². The summed E-state index contributed by atoms with van der Waals surface area (Å²) in [4.78, 5) is 27.7. The maximum Gasteiger partial charge on any atom is 0.247 e. The highest BCUT2D eigenvalue weighted by atomic mass is 35.5. The number of piperazine rings is 1. The summed E-state index contributed by atoms with van der Waals surface area (Å²) < 4.78 is 25.4. The molecule has 1 atom stereocenters. The summed E-state index contributed by atoms with van der Waals surface area (Å²) >= 11 is 5.93. The van der Waals surface area contributed by atoms with Gasteiger partial charge in [-0.15, -0.1) is 0 Å². The van der Waals surface area contributed by atoms with Gasteiger partial charge in [0.05, 0.1) is 12.8 Å². The molecule has 1 N–H and O–H groups in total. The molecule has 2 amide bonds. The van der Waals surface area contributed by atoms with E-state index in [0.717, 1.165) is 21.7 Å². The van der Waals surface area contributed by atoms with Crippen LogP contribution in [0.5, 0.6) is 0 Å². The fraction of sp³-hybridized carbons (Fsp3) is 0.364. The zero-order chi connectivity index (χ0) is 22.6. The number of sulfonamides is 1. The quantitative estimate of drug-likeness (QED) is 0.681. The van der Waals surface area contributed by atoms with Crippen molar-refractivity contribution in [3.05, 3.63) is 70.7 Å². The molecule has 0 aliphatic carbocycles. The highest BCUT2D eigenvalue weighted by Gasteiger charge is 2.49. The van der Waals surface area contributed by atoms with Crippen LogP contribution < -0.4 is 5.32 Å². The fourth-order valence-corrected chi connectivity index (χ4v) is 4.61. The van der Waals surface area contributed by atoms with Gasteiger partial charge in [-0.25, -0.2) is 8.42 Å². The molecule has 1 aliphatic heterocycles. The molecule has 0 bridgehead atoms. The number of amides is 2. The van der Waals surface area contributed by atoms with Crippen LogP contribution in [0.25, 0.3) is 0 Å². The number of nitrogens with zero attached hydrogens (tertiary/aromatic N) is 2. The smallest absolute Gasteiger partial charge is 0.247 e. The molecule has 0 aromatic heterocycles. The van der Waals surface area contributed by atoms with Gasteiger partial charge in [0.1, 0.15) is 5.54 Å². The van der Waals surface area contributed by atoms with E-state index < -0.39 is 27.4 Å². The SMILES string of the molecule is CC1(C(=O)NCc2ccccc2)CN(S(C)(=O)=O)CC(=O)N1CCc1ccc(Cl)cc1. The van der Waals surface area contributed by atoms with Crippen LogP contribution in [0.2, 0.25) is 5.02 Å². The van der Waals surface area contributed by atoms with E-state index in [1.165, 1.54) is 4.90 Å². The van der Waals surface area contributed by atoms with Gasteiger partial charge >= 0.3 is 0 Å². The molecule has 0 spiro atoms. The van der Waals surface area contributed by atoms with Gasteiger partial charge in [0.2, 0.25) is 21.8 Å². The van der Waals surface area contributed by atoms with Gasteiger partial charge in [0, 0.05) is 24.7 Å². The summed E-state index contributed by atoms with van der Waals surface area (Å²) in [5.74, 6) is -0.794. The number of carbonyl (C=O) groups excluding carboxylic acids is 2. The lowest BCUT2D eigenvalue weighted by Crippen LogP contribution is -2.69. The van der Waals surface area contributed by atoms with E-state index in [1.807, 2.05) is 42.5 Å². The van der Waals surface area contributed by atoms with Gasteiger partial charge < -0.3 is 10.2 Å². The van der Waals surface area contributed by atoms with Crippen molar-refractivity contribution in [3.8, 4) is 0 Å². The lowest BCUT2D eigenvalue weighted by molar-refractivity contribution is -0.152. The van der Waals surface area contributed by atoms with Crippen molar-refractivity contribution in [2.24, 2.45) is 0 Å². The van der Waals surface area contributed by atoms with Crippen molar-refractivity contribution in [1.29, 1.82) is 0 Å². The Bertz CT molecular complexity index is 1040. The Morgan fingerprint density at radius 1 is 1.10 bits per heavy atom. The Balaban J connectivity index is 1.81. The zero-order valence-corrected chi connectivity index (χ0v) is 19.1. The molecule has 3 rings (SSSR count). The second-order valence-corrected chi connectivity index (χ2v) is 10.3. The third-order valence-corrected chi connectivity index (χ3v) is 6.93. The maximum atomic E-state index is 13.2. The molecule has 9 heteroatoms. The van der Waals surface area contributed by atoms with Crippen molar-refractivity contribution < 1.29 is 18.0 Å². The molecule has 7 nitrogen and oxygen atoms in total. The average Bonchev–Trinajstić information content (AvgIpc) is 2.72. The number of benzene rings is 2. The second kappa shape index (κ2) is 9.38. The van der Waals surface area contributed by atoms with Gasteiger partial charge in [-0.3, -0.25) is 9.59 Å². The van der Waals surface area contributed by atoms with Crippen molar-refractivity contribution in [2.45, 2.75) is 25.4 Å². The third kappa shape index (κ3) is 5.64. The number of rotatable bonds is 7. The molecule has 0 radical (unpaired) electrons. The summed E-state index contributed by atoms with van der Waals surface area (Å²) in [6.45, 7) is 1.81. The summed E-state index contributed by atoms with van der Waals surface area (Å²) in [6, 6.07) is 16.7. The zero-order valence-electron chi connectivity index (χ0n) is 17.5. The molecule has 1 heterocycles. The highest BCUT2D eigenvalue weighted by molar-refractivity contribution is 7.88. The number of nitrogens with one attached hydrogen (secondary N) is 1. The van der Waals surface area contributed by atoms with Crippen LogP contribution in [0.4, 0.5) is 0 Å². The van der Waals surface area contributed by atoms with Crippen LogP contribution in [0, 0.1) is 0 Å². The molecule has 1 aliphatic rings. The van der Waals surface area contributed by atoms with Crippen LogP contribution in [0.15, 0.2) is 54.6 Å². The third-order valence-electron chi connectivity index (χ3n) is 5.48. The van der Waals surface area contributed by atoms with Gasteiger partial charge in [0.15, 0.2) is 0 Å². The number of hydrogen-bond donors (Lipinski definition) is 1. The fourth-order valence-electron chi connectivity index (χ4n) is 3.66. The minimum Gasteiger partial charge on any atom is -0.350 e. The molecule has 0 saturated carbocycles. The number of halogens is 1. The molecule has 1 fully saturated rings. The van der Waals surface area contributed by atoms with Crippen LogP contribution in [0.3, 0.4) is 0 Å². The molecule has 31 heavy (non-hydrogen) atoms. The van der Waals surface area contributed by atoms with Gasteiger partial charge in [0.25, 0.3) is 0 Å². The topological polar surface area (TPSA) is 86.8 Å². The standard InChI is InChI=1S/C22H26ClN3O4S/c1-22(21(28)24-14-18-6-4-3-5-7-18)16-25(31(2,29)30)15-20(27)26(22)13-12-17-8-10-19(23)11-9-17/h3-11H,12-16H2,1-2H3,(H,24,28). The van der Waals surface area contributed by atoms with Gasteiger partial charge in [-0.05, 0) is 36.6 Å². The van der Waals surface area contributed by atoms with Crippen molar-refractivity contribution in [1.82, 2.24) is 14.5 Å². The Kier molecular flexibility index (Phi) is 7.03. The molecule has 2 aromatic rings. The van der Waals surface area contributed by atoms with E-state index in [4.69, 9.17) is 11.6 Å².